The molecule has 5 amide bonds. The lowest BCUT2D eigenvalue weighted by molar-refractivity contribution is -0.137. The van der Waals surface area contributed by atoms with Crippen molar-refractivity contribution in [1.29, 1.82) is 0 Å². The Hall–Kier alpha value is -4.81. The van der Waals surface area contributed by atoms with Crippen molar-refractivity contribution in [1.82, 2.24) is 51.2 Å². The second-order valence-corrected chi connectivity index (χ2v) is 16.7. The number of carbonyl (C=O) groups excluding carboxylic acids is 5. The monoisotopic (exact) mass is 805 g/mol. The fraction of sp³-hybridized carbons (Fsp3) is 0.590. The van der Waals surface area contributed by atoms with E-state index in [2.05, 4.69) is 47.0 Å². The lowest BCUT2D eigenvalue weighted by Gasteiger charge is -2.29. The van der Waals surface area contributed by atoms with Crippen molar-refractivity contribution in [2.45, 2.75) is 108 Å². The average molecular weight is 806 g/mol. The van der Waals surface area contributed by atoms with Gasteiger partial charge in [0.1, 0.15) is 11.7 Å². The number of thiophene rings is 1. The molecule has 0 radical (unpaired) electrons. The maximum atomic E-state index is 14.8. The van der Waals surface area contributed by atoms with Crippen LogP contribution in [0.4, 0.5) is 10.3 Å². The standard InChI is InChI=1S/C39H52FN11O5S/c1-50-31(15-23-5-6-23)28(18-46-50)35-29(40)19-45-39(49-35)47-26-9-7-25(8-10-26)43-21-34(54)42-14-4-2-3-13-41-20-33(53)44-17-27-16-24-22-51(38(56)36(24)57-27)30-11-12-32(52)48-37(30)55/h16,18-19,23,25-26,30,41,43H,2-15,17,20-22H2,1H3,(H,42,54)(H,44,53)(H,45,47,49)(H,48,52,55). The van der Waals surface area contributed by atoms with Crippen molar-refractivity contribution in [2.24, 2.45) is 13.0 Å². The summed E-state index contributed by atoms with van der Waals surface area (Å²) in [6, 6.07) is 1.67. The molecular formula is C39H52FN11O5S. The normalized spacial score (nSPS) is 20.7. The molecule has 2 aliphatic heterocycles. The molecule has 4 aliphatic rings. The van der Waals surface area contributed by atoms with Crippen LogP contribution in [0.15, 0.2) is 18.5 Å². The van der Waals surface area contributed by atoms with Gasteiger partial charge in [-0.05, 0) is 88.3 Å². The zero-order valence-electron chi connectivity index (χ0n) is 32.3. The van der Waals surface area contributed by atoms with Crippen molar-refractivity contribution in [3.63, 3.8) is 0 Å². The number of amides is 5. The van der Waals surface area contributed by atoms with E-state index < -0.39 is 17.8 Å². The van der Waals surface area contributed by atoms with E-state index in [1.165, 1.54) is 35.3 Å². The van der Waals surface area contributed by atoms with Crippen molar-refractivity contribution in [3.8, 4) is 11.3 Å². The summed E-state index contributed by atoms with van der Waals surface area (Å²) in [5.74, 6) is -0.514. The summed E-state index contributed by atoms with van der Waals surface area (Å²) in [7, 11) is 1.89. The Morgan fingerprint density at radius 1 is 0.947 bits per heavy atom. The maximum absolute atomic E-state index is 14.8. The maximum Gasteiger partial charge on any atom is 0.265 e. The fourth-order valence-corrected chi connectivity index (χ4v) is 8.83. The van der Waals surface area contributed by atoms with Crippen LogP contribution in [0, 0.1) is 11.7 Å². The molecule has 2 saturated carbocycles. The molecule has 6 N–H and O–H groups in total. The summed E-state index contributed by atoms with van der Waals surface area (Å²) in [5.41, 5.74) is 2.86. The molecule has 3 aromatic heterocycles. The van der Waals surface area contributed by atoms with E-state index in [0.717, 1.165) is 73.1 Å². The topological polar surface area (TPSA) is 204 Å². The third-order valence-electron chi connectivity index (χ3n) is 11.2. The fourth-order valence-electron chi connectivity index (χ4n) is 7.77. The quantitative estimate of drug-likeness (QED) is 0.0767. The minimum absolute atomic E-state index is 0.0271. The molecule has 306 valence electrons. The number of nitrogens with one attached hydrogen (secondary N) is 6. The van der Waals surface area contributed by atoms with Gasteiger partial charge in [0.2, 0.25) is 29.6 Å². The van der Waals surface area contributed by atoms with Gasteiger partial charge in [-0.15, -0.1) is 11.3 Å². The predicted octanol–water partition coefficient (Wildman–Crippen LogP) is 2.30. The highest BCUT2D eigenvalue weighted by Gasteiger charge is 2.40. The first-order valence-electron chi connectivity index (χ1n) is 20.1. The summed E-state index contributed by atoms with van der Waals surface area (Å²) >= 11 is 1.32. The van der Waals surface area contributed by atoms with Gasteiger partial charge in [0.05, 0.1) is 36.9 Å². The molecule has 3 aromatic rings. The number of unbranched alkanes of at least 4 members (excludes halogenated alkanes) is 2. The highest BCUT2D eigenvalue weighted by molar-refractivity contribution is 7.14. The molecule has 1 atom stereocenters. The molecule has 1 saturated heterocycles. The number of piperidine rings is 1. The van der Waals surface area contributed by atoms with Gasteiger partial charge in [-0.3, -0.25) is 34.0 Å². The SMILES string of the molecule is Cn1ncc(-c2nc(NC3CCC(NCC(=O)NCCCCCNCC(=O)NCc4cc5c(s4)C(=O)N(C4CCC(=O)NC4=O)C5)CC3)ncc2F)c1CC1CC1. The van der Waals surface area contributed by atoms with Crippen molar-refractivity contribution in [2.75, 3.05) is 31.5 Å². The van der Waals surface area contributed by atoms with E-state index in [-0.39, 0.29) is 60.9 Å². The number of aryl methyl sites for hydroxylation is 1. The van der Waals surface area contributed by atoms with E-state index in [9.17, 15) is 28.4 Å². The van der Waals surface area contributed by atoms with E-state index >= 15 is 0 Å². The number of imide groups is 1. The van der Waals surface area contributed by atoms with Gasteiger partial charge in [0, 0.05) is 54.8 Å². The molecule has 2 aliphatic carbocycles. The number of hydrogen-bond acceptors (Lipinski definition) is 12. The zero-order chi connectivity index (χ0) is 39.9. The molecule has 7 rings (SSSR count). The summed E-state index contributed by atoms with van der Waals surface area (Å²) in [6.45, 7) is 2.36. The summed E-state index contributed by atoms with van der Waals surface area (Å²) < 4.78 is 16.7. The number of hydrogen-bond donors (Lipinski definition) is 6. The van der Waals surface area contributed by atoms with Crippen LogP contribution in [0.3, 0.4) is 0 Å². The van der Waals surface area contributed by atoms with Gasteiger partial charge in [0.25, 0.3) is 5.91 Å². The Labute approximate surface area is 334 Å². The van der Waals surface area contributed by atoms with E-state index in [4.69, 9.17) is 0 Å². The number of halogens is 1. The second kappa shape index (κ2) is 18.6. The summed E-state index contributed by atoms with van der Waals surface area (Å²) in [6.07, 6.45) is 13.0. The van der Waals surface area contributed by atoms with Gasteiger partial charge >= 0.3 is 0 Å². The smallest absolute Gasteiger partial charge is 0.265 e. The van der Waals surface area contributed by atoms with Crippen molar-refractivity contribution in [3.05, 3.63) is 45.3 Å². The van der Waals surface area contributed by atoms with Crippen molar-refractivity contribution >= 4 is 46.8 Å². The van der Waals surface area contributed by atoms with Crippen LogP contribution in [0.1, 0.15) is 96.4 Å². The number of rotatable bonds is 19. The lowest BCUT2D eigenvalue weighted by Crippen LogP contribution is -2.52. The van der Waals surface area contributed by atoms with Crippen LogP contribution in [0.25, 0.3) is 11.3 Å². The summed E-state index contributed by atoms with van der Waals surface area (Å²) in [4.78, 5) is 73.1. The first-order valence-corrected chi connectivity index (χ1v) is 21.0. The number of fused-ring (bicyclic) bond motifs is 1. The van der Waals surface area contributed by atoms with Crippen LogP contribution in [0.5, 0.6) is 0 Å². The number of anilines is 1. The highest BCUT2D eigenvalue weighted by Crippen LogP contribution is 2.36. The zero-order valence-corrected chi connectivity index (χ0v) is 33.1. The number of aromatic nitrogens is 4. The molecule has 18 heteroatoms. The number of carbonyl (C=O) groups is 5. The molecule has 0 aromatic carbocycles. The third-order valence-corrected chi connectivity index (χ3v) is 12.4. The Morgan fingerprint density at radius 2 is 1.72 bits per heavy atom. The van der Waals surface area contributed by atoms with E-state index in [1.807, 2.05) is 17.8 Å². The molecule has 3 fully saturated rings. The molecule has 57 heavy (non-hydrogen) atoms. The van der Waals surface area contributed by atoms with Gasteiger partial charge in [-0.25, -0.2) is 14.4 Å². The highest BCUT2D eigenvalue weighted by atomic mass is 32.1. The predicted molar refractivity (Wildman–Crippen MR) is 210 cm³/mol. The summed E-state index contributed by atoms with van der Waals surface area (Å²) in [5, 5.41) is 22.5. The van der Waals surface area contributed by atoms with Gasteiger partial charge in [0.15, 0.2) is 5.82 Å². The molecule has 0 spiro atoms. The van der Waals surface area contributed by atoms with Crippen LogP contribution in [0.2, 0.25) is 0 Å². The van der Waals surface area contributed by atoms with E-state index in [1.54, 1.807) is 6.20 Å². The minimum atomic E-state index is -0.636. The Bertz CT molecular complexity index is 1960. The molecular weight excluding hydrogens is 754 g/mol. The van der Waals surface area contributed by atoms with Gasteiger partial charge in [-0.2, -0.15) is 5.10 Å². The van der Waals surface area contributed by atoms with Crippen molar-refractivity contribution < 1.29 is 28.4 Å². The largest absolute Gasteiger partial charge is 0.355 e. The van der Waals surface area contributed by atoms with E-state index in [0.29, 0.717) is 49.3 Å². The Balaban J connectivity index is 0.701. The molecule has 0 bridgehead atoms. The first kappa shape index (κ1) is 40.4. The van der Waals surface area contributed by atoms with Gasteiger partial charge < -0.3 is 31.5 Å². The molecule has 1 unspecified atom stereocenters. The lowest BCUT2D eigenvalue weighted by atomic mass is 9.91. The number of nitrogens with zero attached hydrogens (tertiary/aromatic N) is 5. The minimum Gasteiger partial charge on any atom is -0.355 e. The van der Waals surface area contributed by atoms with Crippen LogP contribution >= 0.6 is 11.3 Å². The molecule has 5 heterocycles. The van der Waals surface area contributed by atoms with Crippen LogP contribution < -0.4 is 31.9 Å². The van der Waals surface area contributed by atoms with Crippen LogP contribution in [-0.2, 0) is 45.7 Å². The Kier molecular flexibility index (Phi) is 13.2. The van der Waals surface area contributed by atoms with Crippen LogP contribution in [-0.4, -0.2) is 98.5 Å². The molecule has 16 nitrogen and oxygen atoms in total. The first-order chi connectivity index (χ1) is 27.6. The average Bonchev–Trinajstić information content (AvgIpc) is 3.71. The van der Waals surface area contributed by atoms with Gasteiger partial charge in [-0.1, -0.05) is 6.42 Å². The third kappa shape index (κ3) is 10.6. The Morgan fingerprint density at radius 3 is 2.49 bits per heavy atom. The second-order valence-electron chi connectivity index (χ2n) is 15.6.